The minimum Gasteiger partial charge on any atom is -0.465 e. The molecule has 1 rings (SSSR count). The summed E-state index contributed by atoms with van der Waals surface area (Å²) >= 11 is 0. The fourth-order valence-electron chi connectivity index (χ4n) is 1.52. The number of nitrogens with zero attached hydrogens (tertiary/aromatic N) is 4. The van der Waals surface area contributed by atoms with E-state index in [9.17, 15) is 9.59 Å². The Balaban J connectivity index is 2.97. The number of aryl methyl sites for hydroxylation is 1. The van der Waals surface area contributed by atoms with Gasteiger partial charge in [-0.05, 0) is 26.0 Å². The minimum atomic E-state index is -1.46. The molecule has 1 aromatic heterocycles. The lowest BCUT2D eigenvalue weighted by atomic mass is 9.86. The van der Waals surface area contributed by atoms with Gasteiger partial charge in [0.2, 0.25) is 0 Å². The number of ether oxygens (including phenoxy) is 2. The van der Waals surface area contributed by atoms with Gasteiger partial charge in [0.15, 0.2) is 11.2 Å². The summed E-state index contributed by atoms with van der Waals surface area (Å²) in [5.74, 6) is -1.02. The van der Waals surface area contributed by atoms with Crippen LogP contribution in [0, 0.1) is 5.41 Å². The van der Waals surface area contributed by atoms with E-state index in [1.165, 1.54) is 11.7 Å². The zero-order valence-electron chi connectivity index (χ0n) is 11.5. The zero-order chi connectivity index (χ0) is 14.5. The molecule has 0 aliphatic heterocycles. The summed E-state index contributed by atoms with van der Waals surface area (Å²) in [5.41, 5.74) is -1.46. The second-order valence-corrected chi connectivity index (χ2v) is 4.14. The Bertz CT molecular complexity index is 439. The largest absolute Gasteiger partial charge is 0.465 e. The third-order valence-electron chi connectivity index (χ3n) is 2.51. The van der Waals surface area contributed by atoms with E-state index in [0.717, 1.165) is 0 Å². The maximum Gasteiger partial charge on any atom is 0.323 e. The van der Waals surface area contributed by atoms with Crippen LogP contribution in [0.5, 0.6) is 0 Å². The van der Waals surface area contributed by atoms with Crippen LogP contribution in [-0.4, -0.2) is 45.4 Å². The van der Waals surface area contributed by atoms with Gasteiger partial charge in [-0.3, -0.25) is 9.59 Å². The quantitative estimate of drug-likeness (QED) is 0.525. The van der Waals surface area contributed by atoms with Gasteiger partial charge in [-0.1, -0.05) is 0 Å². The second kappa shape index (κ2) is 6.26. The molecule has 0 bridgehead atoms. The first kappa shape index (κ1) is 15.1. The van der Waals surface area contributed by atoms with Crippen molar-refractivity contribution in [1.29, 1.82) is 0 Å². The van der Waals surface area contributed by atoms with Crippen molar-refractivity contribution in [2.24, 2.45) is 12.5 Å². The molecule has 0 amide bonds. The Kier molecular flexibility index (Phi) is 4.96. The minimum absolute atomic E-state index is 0.0154. The van der Waals surface area contributed by atoms with Crippen molar-refractivity contribution in [3.63, 3.8) is 0 Å². The van der Waals surface area contributed by atoms with Gasteiger partial charge in [0.1, 0.15) is 0 Å². The third kappa shape index (κ3) is 3.49. The summed E-state index contributed by atoms with van der Waals surface area (Å²) in [6, 6.07) is 0. The number of carbonyl (C=O) groups excluding carboxylic acids is 2. The van der Waals surface area contributed by atoms with E-state index in [-0.39, 0.29) is 25.5 Å². The first-order valence-corrected chi connectivity index (χ1v) is 6.01. The summed E-state index contributed by atoms with van der Waals surface area (Å²) in [6.45, 7) is 5.16. The Morgan fingerprint density at radius 1 is 1.21 bits per heavy atom. The Labute approximate surface area is 111 Å². The maximum atomic E-state index is 12.0. The first-order valence-electron chi connectivity index (χ1n) is 6.01. The van der Waals surface area contributed by atoms with Crippen molar-refractivity contribution in [2.75, 3.05) is 13.2 Å². The highest BCUT2D eigenvalue weighted by molar-refractivity contribution is 5.99. The monoisotopic (exact) mass is 270 g/mol. The summed E-state index contributed by atoms with van der Waals surface area (Å²) in [4.78, 5) is 25.2. The van der Waals surface area contributed by atoms with Crippen molar-refractivity contribution in [3.05, 3.63) is 5.82 Å². The van der Waals surface area contributed by atoms with Crippen LogP contribution in [0.15, 0.2) is 0 Å². The average Bonchev–Trinajstić information content (AvgIpc) is 2.75. The molecular weight excluding hydrogens is 252 g/mol. The summed E-state index contributed by atoms with van der Waals surface area (Å²) in [5, 5.41) is 11.4. The molecule has 0 aromatic carbocycles. The molecule has 8 heteroatoms. The molecule has 0 atom stereocenters. The van der Waals surface area contributed by atoms with Crippen LogP contribution in [0.3, 0.4) is 0 Å². The predicted octanol–water partition coefficient (Wildman–Crippen LogP) is -0.115. The summed E-state index contributed by atoms with van der Waals surface area (Å²) in [6.07, 6.45) is -0.0154. The van der Waals surface area contributed by atoms with E-state index in [0.29, 0.717) is 0 Å². The molecule has 8 nitrogen and oxygen atoms in total. The molecule has 0 fully saturated rings. The molecule has 1 aromatic rings. The maximum absolute atomic E-state index is 12.0. The van der Waals surface area contributed by atoms with Gasteiger partial charge in [-0.2, -0.15) is 4.80 Å². The van der Waals surface area contributed by atoms with E-state index in [4.69, 9.17) is 9.47 Å². The zero-order valence-corrected chi connectivity index (χ0v) is 11.5. The molecule has 0 radical (unpaired) electrons. The molecule has 0 saturated carbocycles. The van der Waals surface area contributed by atoms with Gasteiger partial charge in [0.05, 0.1) is 20.3 Å². The first-order chi connectivity index (χ1) is 8.93. The average molecular weight is 270 g/mol. The smallest absolute Gasteiger partial charge is 0.323 e. The van der Waals surface area contributed by atoms with Crippen LogP contribution >= 0.6 is 0 Å². The van der Waals surface area contributed by atoms with Crippen LogP contribution < -0.4 is 0 Å². The van der Waals surface area contributed by atoms with E-state index < -0.39 is 17.4 Å². The predicted molar refractivity (Wildman–Crippen MR) is 63.9 cm³/mol. The third-order valence-corrected chi connectivity index (χ3v) is 2.51. The van der Waals surface area contributed by atoms with Crippen LogP contribution in [0.2, 0.25) is 0 Å². The molecule has 0 unspecified atom stereocenters. The Morgan fingerprint density at radius 2 is 1.74 bits per heavy atom. The van der Waals surface area contributed by atoms with Crippen LogP contribution in [0.25, 0.3) is 0 Å². The van der Waals surface area contributed by atoms with E-state index in [1.807, 2.05) is 0 Å². The number of carbonyl (C=O) groups is 2. The van der Waals surface area contributed by atoms with Gasteiger partial charge in [-0.25, -0.2) is 0 Å². The molecule has 0 spiro atoms. The van der Waals surface area contributed by atoms with Crippen LogP contribution in [0.1, 0.15) is 26.6 Å². The number of tetrazole rings is 1. The lowest BCUT2D eigenvalue weighted by Crippen LogP contribution is -2.41. The molecule has 0 N–H and O–H groups in total. The number of hydrogen-bond donors (Lipinski definition) is 0. The fraction of sp³-hybridized carbons (Fsp3) is 0.727. The molecule has 0 saturated heterocycles. The summed E-state index contributed by atoms with van der Waals surface area (Å²) < 4.78 is 9.86. The fourth-order valence-corrected chi connectivity index (χ4v) is 1.52. The number of hydrogen-bond acceptors (Lipinski definition) is 7. The normalized spacial score (nSPS) is 11.2. The summed E-state index contributed by atoms with van der Waals surface area (Å²) in [7, 11) is 1.60. The highest BCUT2D eigenvalue weighted by Gasteiger charge is 2.45. The SMILES string of the molecule is CCOC(=O)C(C)(Cc1nnn(C)n1)C(=O)OCC. The lowest BCUT2D eigenvalue weighted by molar-refractivity contribution is -0.170. The molecule has 19 heavy (non-hydrogen) atoms. The van der Waals surface area contributed by atoms with Crippen molar-refractivity contribution in [2.45, 2.75) is 27.2 Å². The number of esters is 2. The molecular formula is C11H18N4O4. The van der Waals surface area contributed by atoms with Gasteiger partial charge in [0, 0.05) is 6.42 Å². The highest BCUT2D eigenvalue weighted by Crippen LogP contribution is 2.25. The van der Waals surface area contributed by atoms with Gasteiger partial charge >= 0.3 is 11.9 Å². The Hall–Kier alpha value is -1.99. The Morgan fingerprint density at radius 3 is 2.11 bits per heavy atom. The molecule has 0 aliphatic carbocycles. The lowest BCUT2D eigenvalue weighted by Gasteiger charge is -2.23. The van der Waals surface area contributed by atoms with E-state index in [2.05, 4.69) is 15.4 Å². The molecule has 0 aliphatic rings. The van der Waals surface area contributed by atoms with Crippen molar-refractivity contribution in [3.8, 4) is 0 Å². The van der Waals surface area contributed by atoms with Crippen molar-refractivity contribution in [1.82, 2.24) is 20.2 Å². The second-order valence-electron chi connectivity index (χ2n) is 4.14. The number of aromatic nitrogens is 4. The van der Waals surface area contributed by atoms with E-state index >= 15 is 0 Å². The standard InChI is InChI=1S/C11H18N4O4/c1-5-18-9(16)11(3,10(17)19-6-2)7-8-12-14-15(4)13-8/h5-7H2,1-4H3. The van der Waals surface area contributed by atoms with E-state index in [1.54, 1.807) is 20.9 Å². The van der Waals surface area contributed by atoms with Gasteiger partial charge in [-0.15, -0.1) is 10.2 Å². The molecule has 1 heterocycles. The molecule has 106 valence electrons. The van der Waals surface area contributed by atoms with Crippen molar-refractivity contribution < 1.29 is 19.1 Å². The van der Waals surface area contributed by atoms with Crippen LogP contribution in [0.4, 0.5) is 0 Å². The van der Waals surface area contributed by atoms with Crippen LogP contribution in [-0.2, 0) is 32.5 Å². The number of rotatable bonds is 6. The van der Waals surface area contributed by atoms with Crippen molar-refractivity contribution >= 4 is 11.9 Å². The topological polar surface area (TPSA) is 96.2 Å². The van der Waals surface area contributed by atoms with Gasteiger partial charge < -0.3 is 9.47 Å². The highest BCUT2D eigenvalue weighted by atomic mass is 16.6. The van der Waals surface area contributed by atoms with Gasteiger partial charge in [0.25, 0.3) is 0 Å².